The van der Waals surface area contributed by atoms with Gasteiger partial charge in [0.15, 0.2) is 0 Å². The standard InChI is InChI=1S/C15H14ClNO2/c1-10-3-6-15(19-2)13(7-10)17-9-11-8-12(16)4-5-14(11)18/h3-9,18H,1-2H3. The lowest BCUT2D eigenvalue weighted by molar-refractivity contribution is 0.416. The zero-order valence-corrected chi connectivity index (χ0v) is 11.5. The fourth-order valence-corrected chi connectivity index (χ4v) is 1.85. The molecule has 1 N–H and O–H groups in total. The summed E-state index contributed by atoms with van der Waals surface area (Å²) in [7, 11) is 1.60. The molecule has 0 fully saturated rings. The van der Waals surface area contributed by atoms with E-state index in [1.807, 2.05) is 25.1 Å². The number of aryl methyl sites for hydroxylation is 1. The zero-order chi connectivity index (χ0) is 13.8. The second kappa shape index (κ2) is 5.76. The van der Waals surface area contributed by atoms with E-state index in [1.165, 1.54) is 6.07 Å². The number of hydrogen-bond donors (Lipinski definition) is 1. The van der Waals surface area contributed by atoms with Crippen molar-refractivity contribution in [3.8, 4) is 11.5 Å². The quantitative estimate of drug-likeness (QED) is 0.857. The van der Waals surface area contributed by atoms with Gasteiger partial charge in [-0.3, -0.25) is 4.99 Å². The summed E-state index contributed by atoms with van der Waals surface area (Å²) in [6.07, 6.45) is 1.57. The first-order chi connectivity index (χ1) is 9.10. The molecule has 0 amide bonds. The number of aromatic hydroxyl groups is 1. The Bertz CT molecular complexity index is 624. The van der Waals surface area contributed by atoms with Gasteiger partial charge in [-0.15, -0.1) is 0 Å². The molecule has 4 heteroatoms. The van der Waals surface area contributed by atoms with Gasteiger partial charge in [-0.1, -0.05) is 17.7 Å². The van der Waals surface area contributed by atoms with Gasteiger partial charge in [0.25, 0.3) is 0 Å². The lowest BCUT2D eigenvalue weighted by Gasteiger charge is -2.05. The molecule has 0 spiro atoms. The van der Waals surface area contributed by atoms with Gasteiger partial charge in [0, 0.05) is 16.8 Å². The molecule has 0 heterocycles. The van der Waals surface area contributed by atoms with E-state index in [2.05, 4.69) is 4.99 Å². The molecule has 0 aliphatic carbocycles. The Morgan fingerprint density at radius 1 is 1.21 bits per heavy atom. The average molecular weight is 276 g/mol. The number of hydrogen-bond acceptors (Lipinski definition) is 3. The molecule has 0 radical (unpaired) electrons. The van der Waals surface area contributed by atoms with Crippen LogP contribution in [0.25, 0.3) is 0 Å². The summed E-state index contributed by atoms with van der Waals surface area (Å²) in [5.74, 6) is 0.822. The Labute approximate surface area is 117 Å². The van der Waals surface area contributed by atoms with Crippen molar-refractivity contribution in [3.63, 3.8) is 0 Å². The third-order valence-corrected chi connectivity index (χ3v) is 2.90. The van der Waals surface area contributed by atoms with Crippen LogP contribution in [0.15, 0.2) is 41.4 Å². The summed E-state index contributed by atoms with van der Waals surface area (Å²) >= 11 is 5.88. The first-order valence-corrected chi connectivity index (χ1v) is 6.15. The fourth-order valence-electron chi connectivity index (χ4n) is 1.67. The lowest BCUT2D eigenvalue weighted by Crippen LogP contribution is -1.86. The molecular formula is C15H14ClNO2. The van der Waals surface area contributed by atoms with Gasteiger partial charge in [-0.2, -0.15) is 0 Å². The molecule has 0 aliphatic heterocycles. The maximum atomic E-state index is 9.71. The number of phenolic OH excluding ortho intramolecular Hbond substituents is 1. The van der Waals surface area contributed by atoms with Gasteiger partial charge in [0.05, 0.1) is 7.11 Å². The molecule has 19 heavy (non-hydrogen) atoms. The molecule has 2 aromatic rings. The van der Waals surface area contributed by atoms with Crippen LogP contribution in [0.4, 0.5) is 5.69 Å². The molecule has 0 aromatic heterocycles. The maximum Gasteiger partial charge on any atom is 0.144 e. The van der Waals surface area contributed by atoms with Gasteiger partial charge < -0.3 is 9.84 Å². The van der Waals surface area contributed by atoms with Crippen LogP contribution in [0, 0.1) is 6.92 Å². The van der Waals surface area contributed by atoms with Crippen LogP contribution < -0.4 is 4.74 Å². The van der Waals surface area contributed by atoms with Gasteiger partial charge >= 0.3 is 0 Å². The number of phenols is 1. The summed E-state index contributed by atoms with van der Waals surface area (Å²) < 4.78 is 5.24. The van der Waals surface area contributed by atoms with E-state index in [0.717, 1.165) is 5.56 Å². The Kier molecular flexibility index (Phi) is 4.07. The minimum absolute atomic E-state index is 0.139. The number of aliphatic imine (C=N–C) groups is 1. The van der Waals surface area contributed by atoms with Crippen LogP contribution in [0.3, 0.4) is 0 Å². The van der Waals surface area contributed by atoms with Crippen molar-refractivity contribution in [1.29, 1.82) is 0 Å². The van der Waals surface area contributed by atoms with Gasteiger partial charge in [0.1, 0.15) is 17.2 Å². The van der Waals surface area contributed by atoms with Crippen molar-refractivity contribution < 1.29 is 9.84 Å². The van der Waals surface area contributed by atoms with Crippen molar-refractivity contribution in [2.24, 2.45) is 4.99 Å². The second-order valence-corrected chi connectivity index (χ2v) is 4.57. The summed E-state index contributed by atoms with van der Waals surface area (Å²) in [4.78, 5) is 4.34. The van der Waals surface area contributed by atoms with Crippen LogP contribution in [0.2, 0.25) is 5.02 Å². The minimum atomic E-state index is 0.139. The highest BCUT2D eigenvalue weighted by molar-refractivity contribution is 6.30. The molecule has 0 unspecified atom stereocenters. The van der Waals surface area contributed by atoms with Crippen molar-refractivity contribution in [1.82, 2.24) is 0 Å². The first kappa shape index (κ1) is 13.4. The molecule has 0 bridgehead atoms. The van der Waals surface area contributed by atoms with E-state index in [1.54, 1.807) is 25.5 Å². The summed E-state index contributed by atoms with van der Waals surface area (Å²) in [5, 5.41) is 10.3. The van der Waals surface area contributed by atoms with Gasteiger partial charge in [-0.25, -0.2) is 0 Å². The average Bonchev–Trinajstić information content (AvgIpc) is 2.40. The third-order valence-electron chi connectivity index (χ3n) is 2.67. The van der Waals surface area contributed by atoms with Crippen LogP contribution in [-0.2, 0) is 0 Å². The Balaban J connectivity index is 2.37. The molecule has 0 saturated heterocycles. The zero-order valence-electron chi connectivity index (χ0n) is 10.7. The van der Waals surface area contributed by atoms with E-state index < -0.39 is 0 Å². The number of nitrogens with zero attached hydrogens (tertiary/aromatic N) is 1. The van der Waals surface area contributed by atoms with Gasteiger partial charge in [-0.05, 0) is 42.8 Å². The highest BCUT2D eigenvalue weighted by Crippen LogP contribution is 2.29. The highest BCUT2D eigenvalue weighted by Gasteiger charge is 2.02. The molecule has 0 saturated carbocycles. The molecule has 98 valence electrons. The number of methoxy groups -OCH3 is 1. The predicted octanol–water partition coefficient (Wildman–Crippen LogP) is 4.11. The highest BCUT2D eigenvalue weighted by atomic mass is 35.5. The summed E-state index contributed by atoms with van der Waals surface area (Å²) in [5.41, 5.74) is 2.36. The van der Waals surface area contributed by atoms with Crippen LogP contribution in [0.1, 0.15) is 11.1 Å². The molecular weight excluding hydrogens is 262 g/mol. The molecule has 2 aromatic carbocycles. The van der Waals surface area contributed by atoms with E-state index in [0.29, 0.717) is 22.0 Å². The Morgan fingerprint density at radius 3 is 2.74 bits per heavy atom. The van der Waals surface area contributed by atoms with Crippen molar-refractivity contribution in [3.05, 3.63) is 52.5 Å². The molecule has 3 nitrogen and oxygen atoms in total. The smallest absolute Gasteiger partial charge is 0.144 e. The first-order valence-electron chi connectivity index (χ1n) is 5.77. The third kappa shape index (κ3) is 3.26. The van der Waals surface area contributed by atoms with Crippen LogP contribution in [0.5, 0.6) is 11.5 Å². The Hall–Kier alpha value is -2.00. The fraction of sp³-hybridized carbons (Fsp3) is 0.133. The van der Waals surface area contributed by atoms with Crippen LogP contribution >= 0.6 is 11.6 Å². The number of ether oxygens (including phenoxy) is 1. The SMILES string of the molecule is COc1ccc(C)cc1N=Cc1cc(Cl)ccc1O. The largest absolute Gasteiger partial charge is 0.507 e. The molecule has 0 aliphatic rings. The number of halogens is 1. The number of rotatable bonds is 3. The van der Waals surface area contributed by atoms with Crippen molar-refractivity contribution in [2.75, 3.05) is 7.11 Å². The molecule has 2 rings (SSSR count). The normalized spacial score (nSPS) is 10.9. The summed E-state index contributed by atoms with van der Waals surface area (Å²) in [6.45, 7) is 1.98. The Morgan fingerprint density at radius 2 is 2.00 bits per heavy atom. The van der Waals surface area contributed by atoms with Crippen molar-refractivity contribution in [2.45, 2.75) is 6.92 Å². The van der Waals surface area contributed by atoms with E-state index in [4.69, 9.17) is 16.3 Å². The number of benzene rings is 2. The van der Waals surface area contributed by atoms with Gasteiger partial charge in [0.2, 0.25) is 0 Å². The van der Waals surface area contributed by atoms with E-state index >= 15 is 0 Å². The van der Waals surface area contributed by atoms with Crippen molar-refractivity contribution >= 4 is 23.5 Å². The topological polar surface area (TPSA) is 41.8 Å². The van der Waals surface area contributed by atoms with E-state index in [-0.39, 0.29) is 5.75 Å². The monoisotopic (exact) mass is 275 g/mol. The lowest BCUT2D eigenvalue weighted by atomic mass is 10.2. The van der Waals surface area contributed by atoms with Crippen LogP contribution in [-0.4, -0.2) is 18.4 Å². The van der Waals surface area contributed by atoms with E-state index in [9.17, 15) is 5.11 Å². The molecule has 0 atom stereocenters. The minimum Gasteiger partial charge on any atom is -0.507 e. The predicted molar refractivity (Wildman–Crippen MR) is 78.1 cm³/mol. The maximum absolute atomic E-state index is 9.71. The summed E-state index contributed by atoms with van der Waals surface area (Å²) in [6, 6.07) is 10.5. The second-order valence-electron chi connectivity index (χ2n) is 4.14.